The third-order valence-electron chi connectivity index (χ3n) is 5.54. The third kappa shape index (κ3) is 2.52. The fourth-order valence-electron chi connectivity index (χ4n) is 4.37. The van der Waals surface area contributed by atoms with Crippen molar-refractivity contribution in [1.82, 2.24) is 5.32 Å². The highest BCUT2D eigenvalue weighted by molar-refractivity contribution is 6.36. The lowest BCUT2D eigenvalue weighted by atomic mass is 9.87. The minimum absolute atomic E-state index is 0.565. The molecule has 2 heterocycles. The highest BCUT2D eigenvalue weighted by Gasteiger charge is 2.39. The first-order chi connectivity index (χ1) is 11.6. The maximum absolute atomic E-state index is 6.47. The Kier molecular flexibility index (Phi) is 4.24. The van der Waals surface area contributed by atoms with Crippen molar-refractivity contribution < 1.29 is 0 Å². The zero-order chi connectivity index (χ0) is 16.8. The molecule has 0 radical (unpaired) electrons. The molecule has 0 saturated carbocycles. The van der Waals surface area contributed by atoms with Gasteiger partial charge in [-0.3, -0.25) is 0 Å². The molecular weight excluding hydrogens is 339 g/mol. The van der Waals surface area contributed by atoms with Crippen LogP contribution in [0.4, 0.5) is 5.69 Å². The number of likely N-dealkylation sites (N-methyl/N-ethyl adjacent to an activating group) is 1. The van der Waals surface area contributed by atoms with Crippen LogP contribution in [0.3, 0.4) is 0 Å². The molecular formula is C20H22Cl2N2. The van der Waals surface area contributed by atoms with Crippen molar-refractivity contribution in [2.75, 3.05) is 25.0 Å². The Hall–Kier alpha value is -1.22. The third-order valence-corrected chi connectivity index (χ3v) is 6.08. The Bertz CT molecular complexity index is 787. The van der Waals surface area contributed by atoms with Gasteiger partial charge in [0.2, 0.25) is 0 Å². The highest BCUT2D eigenvalue weighted by Crippen LogP contribution is 2.47. The molecule has 2 atom stereocenters. The Labute approximate surface area is 153 Å². The van der Waals surface area contributed by atoms with Gasteiger partial charge in [0.25, 0.3) is 0 Å². The van der Waals surface area contributed by atoms with Gasteiger partial charge in [0.1, 0.15) is 0 Å². The number of piperidine rings is 1. The van der Waals surface area contributed by atoms with Crippen LogP contribution in [0.5, 0.6) is 0 Å². The first kappa shape index (κ1) is 16.3. The molecule has 2 aromatic carbocycles. The summed E-state index contributed by atoms with van der Waals surface area (Å²) >= 11 is 12.5. The summed E-state index contributed by atoms with van der Waals surface area (Å²) in [7, 11) is 2.25. The summed E-state index contributed by atoms with van der Waals surface area (Å²) < 4.78 is 0. The van der Waals surface area contributed by atoms with E-state index in [0.717, 1.165) is 25.1 Å². The van der Waals surface area contributed by atoms with Crippen molar-refractivity contribution in [3.8, 4) is 11.1 Å². The van der Waals surface area contributed by atoms with Crippen LogP contribution < -0.4 is 10.2 Å². The maximum Gasteiger partial charge on any atom is 0.0499 e. The van der Waals surface area contributed by atoms with Crippen LogP contribution in [0.1, 0.15) is 30.4 Å². The number of halogens is 2. The van der Waals surface area contributed by atoms with Gasteiger partial charge in [-0.25, -0.2) is 0 Å². The number of nitrogens with zero attached hydrogens (tertiary/aromatic N) is 1. The molecule has 126 valence electrons. The standard InChI is InChI=1S/C20H22Cl2N2/c1-3-12-8-13(15-5-4-14(21)10-18(15)22)9-16-17-11-23-7-6-19(17)24(2)20(12)16/h4-5,8-10,17,19,23H,3,6-7,11H2,1-2H3. The first-order valence-corrected chi connectivity index (χ1v) is 9.41. The van der Waals surface area contributed by atoms with Crippen LogP contribution in [0.15, 0.2) is 30.3 Å². The number of hydrogen-bond acceptors (Lipinski definition) is 2. The van der Waals surface area contributed by atoms with E-state index in [2.05, 4.69) is 36.3 Å². The molecule has 2 nitrogen and oxygen atoms in total. The van der Waals surface area contributed by atoms with Crippen molar-refractivity contribution in [3.05, 3.63) is 51.5 Å². The Morgan fingerprint density at radius 2 is 2.04 bits per heavy atom. The predicted octanol–water partition coefficient (Wildman–Crippen LogP) is 5.12. The lowest BCUT2D eigenvalue weighted by Gasteiger charge is -2.31. The average molecular weight is 361 g/mol. The zero-order valence-corrected chi connectivity index (χ0v) is 15.6. The smallest absolute Gasteiger partial charge is 0.0499 e. The van der Waals surface area contributed by atoms with E-state index >= 15 is 0 Å². The van der Waals surface area contributed by atoms with Crippen LogP contribution in [-0.4, -0.2) is 26.2 Å². The molecule has 1 N–H and O–H groups in total. The summed E-state index contributed by atoms with van der Waals surface area (Å²) in [4.78, 5) is 2.51. The molecule has 0 bridgehead atoms. The summed E-state index contributed by atoms with van der Waals surface area (Å²) in [5, 5.41) is 4.96. The molecule has 0 aromatic heterocycles. The van der Waals surface area contributed by atoms with Gasteiger partial charge in [-0.2, -0.15) is 0 Å². The topological polar surface area (TPSA) is 15.3 Å². The Morgan fingerprint density at radius 1 is 1.21 bits per heavy atom. The van der Waals surface area contributed by atoms with Crippen molar-refractivity contribution in [2.45, 2.75) is 31.7 Å². The molecule has 2 aromatic rings. The highest BCUT2D eigenvalue weighted by atomic mass is 35.5. The minimum atomic E-state index is 0.565. The number of benzene rings is 2. The molecule has 2 unspecified atom stereocenters. The summed E-state index contributed by atoms with van der Waals surface area (Å²) in [6.07, 6.45) is 2.23. The first-order valence-electron chi connectivity index (χ1n) is 8.66. The van der Waals surface area contributed by atoms with Gasteiger partial charge in [0.05, 0.1) is 0 Å². The van der Waals surface area contributed by atoms with Gasteiger partial charge in [-0.1, -0.05) is 36.2 Å². The summed E-state index contributed by atoms with van der Waals surface area (Å²) in [5.74, 6) is 0.565. The summed E-state index contributed by atoms with van der Waals surface area (Å²) in [5.41, 5.74) is 6.57. The quantitative estimate of drug-likeness (QED) is 0.799. The fourth-order valence-corrected chi connectivity index (χ4v) is 4.89. The summed E-state index contributed by atoms with van der Waals surface area (Å²) in [6.45, 7) is 4.40. The van der Waals surface area contributed by atoms with Crippen molar-refractivity contribution in [2.24, 2.45) is 0 Å². The van der Waals surface area contributed by atoms with E-state index < -0.39 is 0 Å². The molecule has 1 fully saturated rings. The van der Waals surface area contributed by atoms with Crippen LogP contribution in [-0.2, 0) is 6.42 Å². The van der Waals surface area contributed by atoms with Gasteiger partial charge in [-0.15, -0.1) is 0 Å². The van der Waals surface area contributed by atoms with E-state index in [9.17, 15) is 0 Å². The van der Waals surface area contributed by atoms with E-state index in [1.807, 2.05) is 18.2 Å². The molecule has 0 aliphatic carbocycles. The van der Waals surface area contributed by atoms with Gasteiger partial charge in [0, 0.05) is 46.8 Å². The van der Waals surface area contributed by atoms with Crippen molar-refractivity contribution in [1.29, 1.82) is 0 Å². The molecule has 24 heavy (non-hydrogen) atoms. The molecule has 0 amide bonds. The lowest BCUT2D eigenvalue weighted by molar-refractivity contribution is 0.413. The number of fused-ring (bicyclic) bond motifs is 3. The molecule has 4 rings (SSSR count). The van der Waals surface area contributed by atoms with Gasteiger partial charge < -0.3 is 10.2 Å². The minimum Gasteiger partial charge on any atom is -0.370 e. The molecule has 2 aliphatic heterocycles. The monoisotopic (exact) mass is 360 g/mol. The van der Waals surface area contributed by atoms with Crippen molar-refractivity contribution >= 4 is 28.9 Å². The zero-order valence-electron chi connectivity index (χ0n) is 14.1. The van der Waals surface area contributed by atoms with Crippen molar-refractivity contribution in [3.63, 3.8) is 0 Å². The Morgan fingerprint density at radius 3 is 2.79 bits per heavy atom. The van der Waals surface area contributed by atoms with E-state index in [1.165, 1.54) is 28.8 Å². The normalized spacial score (nSPS) is 22.4. The largest absolute Gasteiger partial charge is 0.370 e. The number of rotatable bonds is 2. The number of nitrogens with one attached hydrogen (secondary N) is 1. The SMILES string of the molecule is CCc1cc(-c2ccc(Cl)cc2Cl)cc2c1N(C)C1CCNCC21. The van der Waals surface area contributed by atoms with Gasteiger partial charge in [0.15, 0.2) is 0 Å². The summed E-state index contributed by atoms with van der Waals surface area (Å²) in [6, 6.07) is 11.0. The van der Waals surface area contributed by atoms with Crippen LogP contribution in [0.2, 0.25) is 10.0 Å². The lowest BCUT2D eigenvalue weighted by Crippen LogP contribution is -2.42. The second-order valence-corrected chi connectivity index (χ2v) is 7.67. The average Bonchev–Trinajstić information content (AvgIpc) is 2.87. The van der Waals surface area contributed by atoms with E-state index in [4.69, 9.17) is 23.2 Å². The van der Waals surface area contributed by atoms with Crippen LogP contribution in [0, 0.1) is 0 Å². The number of hydrogen-bond donors (Lipinski definition) is 1. The van der Waals surface area contributed by atoms with E-state index in [0.29, 0.717) is 22.0 Å². The fraction of sp³-hybridized carbons (Fsp3) is 0.400. The molecule has 2 aliphatic rings. The van der Waals surface area contributed by atoms with E-state index in [1.54, 1.807) is 0 Å². The van der Waals surface area contributed by atoms with Crippen LogP contribution >= 0.6 is 23.2 Å². The number of anilines is 1. The van der Waals surface area contributed by atoms with Crippen LogP contribution in [0.25, 0.3) is 11.1 Å². The van der Waals surface area contributed by atoms with Gasteiger partial charge >= 0.3 is 0 Å². The predicted molar refractivity (Wildman–Crippen MR) is 104 cm³/mol. The second kappa shape index (κ2) is 6.25. The molecule has 1 saturated heterocycles. The maximum atomic E-state index is 6.47. The second-order valence-electron chi connectivity index (χ2n) is 6.83. The molecule has 0 spiro atoms. The Balaban J connectivity index is 1.88. The molecule has 4 heteroatoms. The van der Waals surface area contributed by atoms with E-state index in [-0.39, 0.29) is 0 Å². The number of aryl methyl sites for hydroxylation is 1. The van der Waals surface area contributed by atoms with Gasteiger partial charge in [-0.05, 0) is 60.3 Å².